The van der Waals surface area contributed by atoms with Crippen LogP contribution in [0, 0.1) is 0 Å². The van der Waals surface area contributed by atoms with Crippen molar-refractivity contribution in [1.29, 1.82) is 0 Å². The molecule has 1 fully saturated rings. The number of hydrogen-bond donors (Lipinski definition) is 2. The van der Waals surface area contributed by atoms with Crippen LogP contribution in [0.5, 0.6) is 0 Å². The van der Waals surface area contributed by atoms with Crippen molar-refractivity contribution >= 4 is 17.3 Å². The van der Waals surface area contributed by atoms with Crippen molar-refractivity contribution < 1.29 is 4.74 Å². The summed E-state index contributed by atoms with van der Waals surface area (Å²) in [4.78, 5) is 9.80. The Morgan fingerprint density at radius 1 is 1.26 bits per heavy atom. The van der Waals surface area contributed by atoms with Gasteiger partial charge in [-0.15, -0.1) is 0 Å². The first-order chi connectivity index (χ1) is 13.2. The van der Waals surface area contributed by atoms with Gasteiger partial charge < -0.3 is 15.4 Å². The fourth-order valence-electron chi connectivity index (χ4n) is 3.48. The fourth-order valence-corrected chi connectivity index (χ4v) is 4.19. The van der Waals surface area contributed by atoms with E-state index in [0.29, 0.717) is 12.1 Å². The van der Waals surface area contributed by atoms with Gasteiger partial charge in [0.15, 0.2) is 5.96 Å². The van der Waals surface area contributed by atoms with Crippen LogP contribution in [0.3, 0.4) is 0 Å². The molecule has 1 aliphatic rings. The van der Waals surface area contributed by atoms with Gasteiger partial charge in [-0.25, -0.2) is 0 Å². The van der Waals surface area contributed by atoms with E-state index in [9.17, 15) is 0 Å². The van der Waals surface area contributed by atoms with Gasteiger partial charge >= 0.3 is 0 Å². The molecule has 2 rings (SSSR count). The Labute approximate surface area is 169 Å². The summed E-state index contributed by atoms with van der Waals surface area (Å²) in [7, 11) is 0. The minimum atomic E-state index is 0.367. The van der Waals surface area contributed by atoms with Crippen molar-refractivity contribution in [2.24, 2.45) is 4.99 Å². The second kappa shape index (κ2) is 12.3. The molecule has 2 atom stereocenters. The lowest BCUT2D eigenvalue weighted by Gasteiger charge is -2.32. The molecule has 0 aromatic carbocycles. The van der Waals surface area contributed by atoms with Crippen LogP contribution in [-0.4, -0.2) is 80.8 Å². The molecule has 0 radical (unpaired) electrons. The molecule has 27 heavy (non-hydrogen) atoms. The summed E-state index contributed by atoms with van der Waals surface area (Å²) < 4.78 is 5.45. The van der Waals surface area contributed by atoms with Crippen LogP contribution in [0.1, 0.15) is 39.3 Å². The van der Waals surface area contributed by atoms with E-state index in [-0.39, 0.29) is 0 Å². The molecule has 2 heterocycles. The Kier molecular flexibility index (Phi) is 10.1. The highest BCUT2D eigenvalue weighted by molar-refractivity contribution is 7.07. The number of aliphatic imine (C=N–C) groups is 1. The maximum absolute atomic E-state index is 5.45. The molecule has 0 spiro atoms. The number of thiophene rings is 1. The highest BCUT2D eigenvalue weighted by atomic mass is 32.1. The Balaban J connectivity index is 1.96. The van der Waals surface area contributed by atoms with E-state index in [1.54, 1.807) is 11.3 Å². The summed E-state index contributed by atoms with van der Waals surface area (Å²) in [6, 6.07) is 3.03. The van der Waals surface area contributed by atoms with E-state index < -0.39 is 0 Å². The fraction of sp³-hybridized carbons (Fsp3) is 0.750. The van der Waals surface area contributed by atoms with Crippen LogP contribution in [0.25, 0.3) is 0 Å². The van der Waals surface area contributed by atoms with E-state index in [2.05, 4.69) is 65.0 Å². The number of ether oxygens (including phenoxy) is 1. The van der Waals surface area contributed by atoms with Gasteiger partial charge in [-0.05, 0) is 49.3 Å². The number of rotatable bonds is 10. The van der Waals surface area contributed by atoms with E-state index in [1.807, 2.05) is 0 Å². The van der Waals surface area contributed by atoms with Crippen molar-refractivity contribution in [3.8, 4) is 0 Å². The monoisotopic (exact) mass is 395 g/mol. The van der Waals surface area contributed by atoms with E-state index in [1.165, 1.54) is 5.56 Å². The summed E-state index contributed by atoms with van der Waals surface area (Å²) in [5.41, 5.74) is 1.38. The summed E-state index contributed by atoms with van der Waals surface area (Å²) in [5.74, 6) is 0.907. The quantitative estimate of drug-likeness (QED) is 0.471. The lowest BCUT2D eigenvalue weighted by atomic mass is 10.1. The predicted molar refractivity (Wildman–Crippen MR) is 116 cm³/mol. The summed E-state index contributed by atoms with van der Waals surface area (Å²) in [6.45, 7) is 17.1. The molecule has 2 N–H and O–H groups in total. The normalized spacial score (nSPS) is 18.5. The standard InChI is InChI=1S/C20H37N5OS/c1-5-21-20(22-14-17(4)25-9-11-26-12-10-25)23-15-19(24(6-2)7-3)18-8-13-27-16-18/h8,13,16-17,19H,5-7,9-12,14-15H2,1-4H3,(H2,21,22,23). The highest BCUT2D eigenvalue weighted by Gasteiger charge is 2.19. The lowest BCUT2D eigenvalue weighted by molar-refractivity contribution is 0.0220. The van der Waals surface area contributed by atoms with E-state index >= 15 is 0 Å². The summed E-state index contributed by atoms with van der Waals surface area (Å²) in [6.07, 6.45) is 0. The maximum Gasteiger partial charge on any atom is 0.191 e. The zero-order chi connectivity index (χ0) is 19.5. The molecule has 7 heteroatoms. The number of likely N-dealkylation sites (N-methyl/N-ethyl adjacent to an activating group) is 1. The molecule has 0 aliphatic carbocycles. The third-order valence-corrected chi connectivity index (χ3v) is 5.87. The van der Waals surface area contributed by atoms with Gasteiger partial charge in [0.05, 0.1) is 25.8 Å². The van der Waals surface area contributed by atoms with Crippen LogP contribution in [0.4, 0.5) is 0 Å². The average Bonchev–Trinajstić information content (AvgIpc) is 3.24. The Morgan fingerprint density at radius 3 is 2.59 bits per heavy atom. The SMILES string of the molecule is CCNC(=NCC(C)N1CCOCC1)NCC(c1ccsc1)N(CC)CC. The van der Waals surface area contributed by atoms with Crippen molar-refractivity contribution in [3.05, 3.63) is 22.4 Å². The molecule has 2 unspecified atom stereocenters. The Bertz CT molecular complexity index is 526. The van der Waals surface area contributed by atoms with Crippen LogP contribution >= 0.6 is 11.3 Å². The number of morpholine rings is 1. The predicted octanol–water partition coefficient (Wildman–Crippen LogP) is 2.41. The molecule has 1 aliphatic heterocycles. The minimum Gasteiger partial charge on any atom is -0.379 e. The van der Waals surface area contributed by atoms with Crippen LogP contribution in [0.15, 0.2) is 21.8 Å². The van der Waals surface area contributed by atoms with Gasteiger partial charge in [0.25, 0.3) is 0 Å². The molecule has 6 nitrogen and oxygen atoms in total. The lowest BCUT2D eigenvalue weighted by Crippen LogP contribution is -2.45. The van der Waals surface area contributed by atoms with Crippen molar-refractivity contribution in [2.45, 2.75) is 39.8 Å². The van der Waals surface area contributed by atoms with Crippen LogP contribution in [-0.2, 0) is 4.74 Å². The summed E-state index contributed by atoms with van der Waals surface area (Å²) >= 11 is 1.76. The Hall–Kier alpha value is -1.15. The van der Waals surface area contributed by atoms with Gasteiger partial charge in [-0.1, -0.05) is 13.8 Å². The second-order valence-corrected chi connectivity index (χ2v) is 7.67. The van der Waals surface area contributed by atoms with E-state index in [0.717, 1.165) is 65.0 Å². The van der Waals surface area contributed by atoms with Crippen molar-refractivity contribution in [3.63, 3.8) is 0 Å². The first-order valence-corrected chi connectivity index (χ1v) is 11.2. The topological polar surface area (TPSA) is 52.1 Å². The van der Waals surface area contributed by atoms with Gasteiger partial charge in [0.1, 0.15) is 0 Å². The number of hydrogen-bond acceptors (Lipinski definition) is 5. The molecule has 0 amide bonds. The molecule has 1 aromatic rings. The smallest absolute Gasteiger partial charge is 0.191 e. The molecule has 0 saturated carbocycles. The number of nitrogens with zero attached hydrogens (tertiary/aromatic N) is 3. The molecule has 0 bridgehead atoms. The number of guanidine groups is 1. The molecule has 1 aromatic heterocycles. The highest BCUT2D eigenvalue weighted by Crippen LogP contribution is 2.22. The second-order valence-electron chi connectivity index (χ2n) is 6.89. The minimum absolute atomic E-state index is 0.367. The first kappa shape index (κ1) is 22.1. The van der Waals surface area contributed by atoms with E-state index in [4.69, 9.17) is 9.73 Å². The van der Waals surface area contributed by atoms with Gasteiger partial charge in [-0.3, -0.25) is 14.8 Å². The first-order valence-electron chi connectivity index (χ1n) is 10.3. The molecule has 154 valence electrons. The molecular weight excluding hydrogens is 358 g/mol. The van der Waals surface area contributed by atoms with Gasteiger partial charge in [-0.2, -0.15) is 11.3 Å². The zero-order valence-corrected chi connectivity index (χ0v) is 18.2. The van der Waals surface area contributed by atoms with Gasteiger partial charge in [0, 0.05) is 32.2 Å². The van der Waals surface area contributed by atoms with Crippen LogP contribution in [0.2, 0.25) is 0 Å². The molecular formula is C20H37N5OS. The molecule has 1 saturated heterocycles. The Morgan fingerprint density at radius 2 is 2.00 bits per heavy atom. The van der Waals surface area contributed by atoms with Crippen molar-refractivity contribution in [2.75, 3.05) is 59.0 Å². The third kappa shape index (κ3) is 7.07. The van der Waals surface area contributed by atoms with Gasteiger partial charge in [0.2, 0.25) is 0 Å². The zero-order valence-electron chi connectivity index (χ0n) is 17.4. The maximum atomic E-state index is 5.45. The average molecular weight is 396 g/mol. The number of nitrogens with one attached hydrogen (secondary N) is 2. The summed E-state index contributed by atoms with van der Waals surface area (Å²) in [5, 5.41) is 11.4. The van der Waals surface area contributed by atoms with Crippen molar-refractivity contribution in [1.82, 2.24) is 20.4 Å². The largest absolute Gasteiger partial charge is 0.379 e. The third-order valence-electron chi connectivity index (χ3n) is 5.17. The van der Waals surface area contributed by atoms with Crippen LogP contribution < -0.4 is 10.6 Å².